The van der Waals surface area contributed by atoms with E-state index in [1.165, 1.54) is 5.56 Å². The molecule has 0 saturated carbocycles. The van der Waals surface area contributed by atoms with Crippen LogP contribution in [-0.2, 0) is 0 Å². The van der Waals surface area contributed by atoms with Gasteiger partial charge in [0.1, 0.15) is 11.9 Å². The van der Waals surface area contributed by atoms with Gasteiger partial charge in [0.2, 0.25) is 0 Å². The Balaban J connectivity index is 1.62. The fourth-order valence-corrected chi connectivity index (χ4v) is 3.23. The van der Waals surface area contributed by atoms with Gasteiger partial charge < -0.3 is 15.4 Å². The summed E-state index contributed by atoms with van der Waals surface area (Å²) in [5.41, 5.74) is 10.5. The molecule has 2 N–H and O–H groups in total. The van der Waals surface area contributed by atoms with Crippen molar-refractivity contribution in [2.45, 2.75) is 39.7 Å². The molecule has 1 aliphatic rings. The number of likely N-dealkylation sites (tertiary alicyclic amines) is 1. The Morgan fingerprint density at radius 3 is 2.44 bits per heavy atom. The number of hydrogen-bond donors (Lipinski definition) is 1. The SMILES string of the molecule is Cc1ccc(C)c(OC2CCN(C(=O)c3cc(N)ccc3C)CC2)c1. The maximum absolute atomic E-state index is 12.8. The zero-order valence-corrected chi connectivity index (χ0v) is 15.2. The maximum atomic E-state index is 12.8. The molecule has 132 valence electrons. The van der Waals surface area contributed by atoms with E-state index in [-0.39, 0.29) is 12.0 Å². The van der Waals surface area contributed by atoms with Crippen LogP contribution in [-0.4, -0.2) is 30.0 Å². The van der Waals surface area contributed by atoms with Crippen LogP contribution in [0.4, 0.5) is 5.69 Å². The number of aryl methyl sites for hydroxylation is 3. The van der Waals surface area contributed by atoms with Gasteiger partial charge in [0.05, 0.1) is 0 Å². The molecule has 25 heavy (non-hydrogen) atoms. The molecular weight excluding hydrogens is 312 g/mol. The molecule has 1 amide bonds. The number of nitrogens with zero attached hydrogens (tertiary/aromatic N) is 1. The van der Waals surface area contributed by atoms with Gasteiger partial charge in [-0.2, -0.15) is 0 Å². The molecule has 2 aromatic rings. The fraction of sp³-hybridized carbons (Fsp3) is 0.381. The summed E-state index contributed by atoms with van der Waals surface area (Å²) in [4.78, 5) is 14.7. The van der Waals surface area contributed by atoms with Crippen LogP contribution in [0.5, 0.6) is 5.75 Å². The van der Waals surface area contributed by atoms with Gasteiger partial charge in [-0.05, 0) is 55.7 Å². The highest BCUT2D eigenvalue weighted by atomic mass is 16.5. The number of nitrogen functional groups attached to an aromatic ring is 1. The predicted molar refractivity (Wildman–Crippen MR) is 101 cm³/mol. The van der Waals surface area contributed by atoms with Crippen molar-refractivity contribution < 1.29 is 9.53 Å². The van der Waals surface area contributed by atoms with Crippen LogP contribution in [0.15, 0.2) is 36.4 Å². The number of rotatable bonds is 3. The van der Waals surface area contributed by atoms with E-state index in [2.05, 4.69) is 32.0 Å². The first-order valence-electron chi connectivity index (χ1n) is 8.83. The van der Waals surface area contributed by atoms with Crippen LogP contribution in [0.1, 0.15) is 39.9 Å². The Hall–Kier alpha value is -2.49. The third-order valence-electron chi connectivity index (χ3n) is 4.86. The molecule has 1 aliphatic heterocycles. The molecule has 2 aromatic carbocycles. The van der Waals surface area contributed by atoms with Gasteiger partial charge in [-0.3, -0.25) is 4.79 Å². The largest absolute Gasteiger partial charge is 0.490 e. The van der Waals surface area contributed by atoms with Crippen molar-refractivity contribution in [3.8, 4) is 5.75 Å². The average Bonchev–Trinajstić information content (AvgIpc) is 2.60. The van der Waals surface area contributed by atoms with Gasteiger partial charge in [0, 0.05) is 37.2 Å². The molecule has 1 heterocycles. The van der Waals surface area contributed by atoms with E-state index < -0.39 is 0 Å². The molecule has 1 fully saturated rings. The topological polar surface area (TPSA) is 55.6 Å². The number of ether oxygens (including phenoxy) is 1. The molecule has 0 atom stereocenters. The molecule has 4 nitrogen and oxygen atoms in total. The zero-order chi connectivity index (χ0) is 18.0. The van der Waals surface area contributed by atoms with Gasteiger partial charge in [0.25, 0.3) is 5.91 Å². The lowest BCUT2D eigenvalue weighted by molar-refractivity contribution is 0.0593. The first-order chi connectivity index (χ1) is 11.9. The molecular formula is C21H26N2O2. The molecule has 0 aromatic heterocycles. The Morgan fingerprint density at radius 2 is 1.72 bits per heavy atom. The highest BCUT2D eigenvalue weighted by Gasteiger charge is 2.25. The van der Waals surface area contributed by atoms with Gasteiger partial charge >= 0.3 is 0 Å². The van der Waals surface area contributed by atoms with E-state index in [0.717, 1.165) is 29.7 Å². The summed E-state index contributed by atoms with van der Waals surface area (Å²) >= 11 is 0. The lowest BCUT2D eigenvalue weighted by atomic mass is 10.0. The predicted octanol–water partition coefficient (Wildman–Crippen LogP) is 3.88. The minimum Gasteiger partial charge on any atom is -0.490 e. The first kappa shape index (κ1) is 17.3. The van der Waals surface area contributed by atoms with Crippen molar-refractivity contribution in [2.24, 2.45) is 0 Å². The van der Waals surface area contributed by atoms with E-state index >= 15 is 0 Å². The molecule has 4 heteroatoms. The van der Waals surface area contributed by atoms with Crippen molar-refractivity contribution >= 4 is 11.6 Å². The van der Waals surface area contributed by atoms with Crippen molar-refractivity contribution in [1.29, 1.82) is 0 Å². The average molecular weight is 338 g/mol. The lowest BCUT2D eigenvalue weighted by Crippen LogP contribution is -2.42. The van der Waals surface area contributed by atoms with Crippen LogP contribution in [0.25, 0.3) is 0 Å². The molecule has 1 saturated heterocycles. The summed E-state index contributed by atoms with van der Waals surface area (Å²) < 4.78 is 6.19. The second-order valence-corrected chi connectivity index (χ2v) is 6.95. The minimum atomic E-state index is 0.0648. The molecule has 0 spiro atoms. The zero-order valence-electron chi connectivity index (χ0n) is 15.2. The molecule has 0 bridgehead atoms. The smallest absolute Gasteiger partial charge is 0.254 e. The summed E-state index contributed by atoms with van der Waals surface area (Å²) in [6.45, 7) is 7.51. The third kappa shape index (κ3) is 3.95. The lowest BCUT2D eigenvalue weighted by Gasteiger charge is -2.33. The van der Waals surface area contributed by atoms with E-state index in [1.807, 2.05) is 24.0 Å². The Bertz CT molecular complexity index is 777. The summed E-state index contributed by atoms with van der Waals surface area (Å²) in [6.07, 6.45) is 1.85. The summed E-state index contributed by atoms with van der Waals surface area (Å²) in [6, 6.07) is 11.8. The van der Waals surface area contributed by atoms with Crippen LogP contribution < -0.4 is 10.5 Å². The second-order valence-electron chi connectivity index (χ2n) is 6.95. The van der Waals surface area contributed by atoms with Gasteiger partial charge in [-0.15, -0.1) is 0 Å². The van der Waals surface area contributed by atoms with Crippen molar-refractivity contribution in [1.82, 2.24) is 4.90 Å². The Kier molecular flexibility index (Phi) is 4.98. The van der Waals surface area contributed by atoms with Crippen LogP contribution in [0.3, 0.4) is 0 Å². The number of carbonyl (C=O) groups is 1. The van der Waals surface area contributed by atoms with Gasteiger partial charge in [-0.1, -0.05) is 18.2 Å². The molecule has 0 unspecified atom stereocenters. The normalized spacial score (nSPS) is 15.2. The highest BCUT2D eigenvalue weighted by molar-refractivity contribution is 5.96. The monoisotopic (exact) mass is 338 g/mol. The summed E-state index contributed by atoms with van der Waals surface area (Å²) in [7, 11) is 0. The van der Waals surface area contributed by atoms with Gasteiger partial charge in [0.15, 0.2) is 0 Å². The van der Waals surface area contributed by atoms with Crippen molar-refractivity contribution in [3.63, 3.8) is 0 Å². The van der Waals surface area contributed by atoms with Crippen molar-refractivity contribution in [3.05, 3.63) is 58.7 Å². The minimum absolute atomic E-state index is 0.0648. The number of carbonyl (C=O) groups excluding carboxylic acids is 1. The number of benzene rings is 2. The quantitative estimate of drug-likeness (QED) is 0.864. The number of amides is 1. The summed E-state index contributed by atoms with van der Waals surface area (Å²) in [5.74, 6) is 1.02. The van der Waals surface area contributed by atoms with Gasteiger partial charge in [-0.25, -0.2) is 0 Å². The number of piperidine rings is 1. The number of nitrogens with two attached hydrogens (primary N) is 1. The Morgan fingerprint density at radius 1 is 1.04 bits per heavy atom. The maximum Gasteiger partial charge on any atom is 0.254 e. The van der Waals surface area contributed by atoms with E-state index in [0.29, 0.717) is 24.3 Å². The molecule has 0 radical (unpaired) electrons. The van der Waals surface area contributed by atoms with E-state index in [9.17, 15) is 4.79 Å². The highest BCUT2D eigenvalue weighted by Crippen LogP contribution is 2.25. The molecule has 3 rings (SSSR count). The standard InChI is InChI=1S/C21H26N2O2/c1-14-4-5-16(3)20(12-14)25-18-8-10-23(11-9-18)21(24)19-13-17(22)7-6-15(19)2/h4-7,12-13,18H,8-11,22H2,1-3H3. The third-order valence-corrected chi connectivity index (χ3v) is 4.86. The van der Waals surface area contributed by atoms with Crippen molar-refractivity contribution in [2.75, 3.05) is 18.8 Å². The summed E-state index contributed by atoms with van der Waals surface area (Å²) in [5, 5.41) is 0. The first-order valence-corrected chi connectivity index (χ1v) is 8.83. The Labute approximate surface area is 149 Å². The second kappa shape index (κ2) is 7.18. The van der Waals surface area contributed by atoms with E-state index in [4.69, 9.17) is 10.5 Å². The number of anilines is 1. The van der Waals surface area contributed by atoms with Crippen LogP contribution >= 0.6 is 0 Å². The van der Waals surface area contributed by atoms with E-state index in [1.54, 1.807) is 6.07 Å². The van der Waals surface area contributed by atoms with Crippen LogP contribution in [0, 0.1) is 20.8 Å². The number of hydrogen-bond acceptors (Lipinski definition) is 3. The molecule has 0 aliphatic carbocycles. The fourth-order valence-electron chi connectivity index (χ4n) is 3.23. The van der Waals surface area contributed by atoms with Crippen LogP contribution in [0.2, 0.25) is 0 Å².